The Morgan fingerprint density at radius 3 is 2.03 bits per heavy atom. The monoisotopic (exact) mass is 783 g/mol. The molecule has 3 heteroatoms. The maximum Gasteiger partial charge on any atom is 0.0541 e. The van der Waals surface area contributed by atoms with Crippen LogP contribution in [0.15, 0.2) is 207 Å². The Bertz CT molecular complexity index is 3270. The highest BCUT2D eigenvalue weighted by molar-refractivity contribution is 6.12. The summed E-state index contributed by atoms with van der Waals surface area (Å²) < 4.78 is 2.38. The normalized spacial score (nSPS) is 13.9. The summed E-state index contributed by atoms with van der Waals surface area (Å²) in [5.41, 5.74) is 28.5. The van der Waals surface area contributed by atoms with Gasteiger partial charge in [0.2, 0.25) is 0 Å². The van der Waals surface area contributed by atoms with Crippen molar-refractivity contribution in [2.24, 2.45) is 5.73 Å². The Hall–Kier alpha value is -7.88. The van der Waals surface area contributed by atoms with Gasteiger partial charge in [0.05, 0.1) is 16.7 Å². The van der Waals surface area contributed by atoms with Crippen molar-refractivity contribution in [2.75, 3.05) is 4.90 Å². The minimum atomic E-state index is 0.787. The van der Waals surface area contributed by atoms with Crippen molar-refractivity contribution in [3.05, 3.63) is 246 Å². The van der Waals surface area contributed by atoms with Crippen LogP contribution in [0.25, 0.3) is 72.7 Å². The number of rotatable bonds is 4. The first-order valence-corrected chi connectivity index (χ1v) is 20.8. The third-order valence-electron chi connectivity index (χ3n) is 12.0. The topological polar surface area (TPSA) is 34.2 Å². The fourth-order valence-electron chi connectivity index (χ4n) is 9.24. The first-order chi connectivity index (χ1) is 29.9. The molecule has 1 aliphatic heterocycles. The largest absolute Gasteiger partial charge is 0.398 e. The van der Waals surface area contributed by atoms with Crippen molar-refractivity contribution >= 4 is 56.1 Å². The number of hydrogen-bond acceptors (Lipinski definition) is 2. The van der Waals surface area contributed by atoms with E-state index in [0.29, 0.717) is 0 Å². The van der Waals surface area contributed by atoms with Crippen molar-refractivity contribution in [2.45, 2.75) is 13.8 Å². The lowest BCUT2D eigenvalue weighted by molar-refractivity contribution is 1.18. The molecule has 2 aliphatic rings. The molecule has 0 radical (unpaired) electrons. The van der Waals surface area contributed by atoms with Crippen LogP contribution in [0.3, 0.4) is 0 Å². The minimum absolute atomic E-state index is 0.787. The molecule has 61 heavy (non-hydrogen) atoms. The highest BCUT2D eigenvalue weighted by Crippen LogP contribution is 2.48. The second-order valence-electron chi connectivity index (χ2n) is 15.7. The molecule has 2 N–H and O–H groups in total. The SMILES string of the molecule is C=C1c2ccccc2/C=C\N(c2ccccc2)c2ccc(-c3ccc4c(c3)c3ccccc3n4-c3cccc(/C(N)=C4\c5ccccc5-c5cccc(C)c54)c3)cc21.C=CC. The average molecular weight is 784 g/mol. The lowest BCUT2D eigenvalue weighted by Crippen LogP contribution is -2.12. The molecule has 0 fully saturated rings. The summed E-state index contributed by atoms with van der Waals surface area (Å²) in [4.78, 5) is 2.26. The molecule has 0 unspecified atom stereocenters. The molecule has 3 nitrogen and oxygen atoms in total. The molecule has 1 aliphatic carbocycles. The number of nitrogens with two attached hydrogens (primary N) is 1. The van der Waals surface area contributed by atoms with E-state index in [1.165, 1.54) is 38.6 Å². The van der Waals surface area contributed by atoms with Crippen LogP contribution in [0.4, 0.5) is 11.4 Å². The number of para-hydroxylation sites is 2. The van der Waals surface area contributed by atoms with Crippen molar-refractivity contribution < 1.29 is 0 Å². The van der Waals surface area contributed by atoms with E-state index in [0.717, 1.165) is 78.3 Å². The van der Waals surface area contributed by atoms with Crippen LogP contribution in [-0.2, 0) is 0 Å². The van der Waals surface area contributed by atoms with Crippen molar-refractivity contribution in [3.8, 4) is 27.9 Å². The Morgan fingerprint density at radius 1 is 0.557 bits per heavy atom. The predicted molar refractivity (Wildman–Crippen MR) is 261 cm³/mol. The van der Waals surface area contributed by atoms with E-state index in [4.69, 9.17) is 5.73 Å². The summed E-state index contributed by atoms with van der Waals surface area (Å²) in [6.45, 7) is 12.1. The van der Waals surface area contributed by atoms with Gasteiger partial charge in [-0.25, -0.2) is 0 Å². The summed E-state index contributed by atoms with van der Waals surface area (Å²) >= 11 is 0. The van der Waals surface area contributed by atoms with Gasteiger partial charge in [0.15, 0.2) is 0 Å². The number of nitrogens with zero attached hydrogens (tertiary/aromatic N) is 2. The molecule has 292 valence electrons. The predicted octanol–water partition coefficient (Wildman–Crippen LogP) is 15.0. The second-order valence-corrected chi connectivity index (χ2v) is 15.7. The zero-order valence-electron chi connectivity index (χ0n) is 34.4. The van der Waals surface area contributed by atoms with Gasteiger partial charge in [-0.15, -0.1) is 6.58 Å². The van der Waals surface area contributed by atoms with Crippen LogP contribution in [-0.4, -0.2) is 4.57 Å². The molecule has 9 aromatic rings. The number of allylic oxidation sites excluding steroid dienone is 1. The minimum Gasteiger partial charge on any atom is -0.398 e. The van der Waals surface area contributed by atoms with E-state index in [9.17, 15) is 0 Å². The van der Waals surface area contributed by atoms with E-state index >= 15 is 0 Å². The Balaban J connectivity index is 0.00000144. The van der Waals surface area contributed by atoms with Crippen LogP contribution in [0.2, 0.25) is 0 Å². The highest BCUT2D eigenvalue weighted by Gasteiger charge is 2.27. The number of hydrogen-bond donors (Lipinski definition) is 1. The molecular formula is C58H45N3. The van der Waals surface area contributed by atoms with Gasteiger partial charge in [-0.05, 0) is 130 Å². The van der Waals surface area contributed by atoms with Gasteiger partial charge in [0.25, 0.3) is 0 Å². The van der Waals surface area contributed by atoms with Crippen molar-refractivity contribution in [3.63, 3.8) is 0 Å². The zero-order valence-corrected chi connectivity index (χ0v) is 34.4. The summed E-state index contributed by atoms with van der Waals surface area (Å²) in [6, 6.07) is 65.2. The molecule has 0 saturated heterocycles. The maximum atomic E-state index is 7.23. The lowest BCUT2D eigenvalue weighted by atomic mass is 9.90. The van der Waals surface area contributed by atoms with Crippen LogP contribution in [0.1, 0.15) is 45.9 Å². The molecule has 0 saturated carbocycles. The molecule has 0 atom stereocenters. The molecule has 0 amide bonds. The van der Waals surface area contributed by atoms with E-state index in [-0.39, 0.29) is 0 Å². The van der Waals surface area contributed by atoms with Crippen LogP contribution in [0.5, 0.6) is 0 Å². The first kappa shape index (κ1) is 37.4. The molecule has 11 rings (SSSR count). The third-order valence-corrected chi connectivity index (χ3v) is 12.0. The molecule has 0 bridgehead atoms. The van der Waals surface area contributed by atoms with Crippen LogP contribution in [0, 0.1) is 6.92 Å². The van der Waals surface area contributed by atoms with Gasteiger partial charge < -0.3 is 15.2 Å². The van der Waals surface area contributed by atoms with Crippen LogP contribution < -0.4 is 10.6 Å². The van der Waals surface area contributed by atoms with Gasteiger partial charge >= 0.3 is 0 Å². The van der Waals surface area contributed by atoms with E-state index in [2.05, 4.69) is 224 Å². The first-order valence-electron chi connectivity index (χ1n) is 20.8. The smallest absolute Gasteiger partial charge is 0.0541 e. The average Bonchev–Trinajstić information content (AvgIpc) is 3.82. The third kappa shape index (κ3) is 6.30. The van der Waals surface area contributed by atoms with Gasteiger partial charge in [0.1, 0.15) is 0 Å². The standard InChI is InChI=1S/C55H39N3.C3H6/c1-35-14-12-24-46-44-21-8-9-23-47(44)54(53(35)46)55(56)40-16-13-19-42(32-40)58-51-25-11-10-22-45(51)49-34-39(27-29-52(49)58)38-26-28-50-48(33-38)36(2)43-20-7-6-15-37(43)30-31-57(50)41-17-4-3-5-18-41;1-3-2/h3-34H,2,56H2,1H3;3H,1H2,2H3/b31-30-,55-54-;. The Labute approximate surface area is 358 Å². The van der Waals surface area contributed by atoms with Gasteiger partial charge in [-0.2, -0.15) is 0 Å². The van der Waals surface area contributed by atoms with E-state index < -0.39 is 0 Å². The number of fused-ring (bicyclic) bond motifs is 8. The second kappa shape index (κ2) is 15.4. The summed E-state index contributed by atoms with van der Waals surface area (Å²) in [6.07, 6.45) is 6.11. The fraction of sp³-hybridized carbons (Fsp3) is 0.0345. The Morgan fingerprint density at radius 2 is 1.20 bits per heavy atom. The maximum absolute atomic E-state index is 7.23. The molecule has 8 aromatic carbocycles. The highest BCUT2D eigenvalue weighted by atomic mass is 15.1. The molecular weight excluding hydrogens is 739 g/mol. The number of benzene rings is 8. The van der Waals surface area contributed by atoms with Gasteiger partial charge in [-0.3, -0.25) is 0 Å². The van der Waals surface area contributed by atoms with Crippen molar-refractivity contribution in [1.29, 1.82) is 0 Å². The van der Waals surface area contributed by atoms with Gasteiger partial charge in [0, 0.05) is 50.7 Å². The Kier molecular flexibility index (Phi) is 9.43. The zero-order chi connectivity index (χ0) is 41.6. The number of aromatic nitrogens is 1. The molecule has 1 aromatic heterocycles. The lowest BCUT2D eigenvalue weighted by Gasteiger charge is -2.27. The summed E-state index contributed by atoms with van der Waals surface area (Å²) in [5.74, 6) is 0. The molecule has 0 spiro atoms. The van der Waals surface area contributed by atoms with E-state index in [1.54, 1.807) is 6.08 Å². The number of anilines is 2. The van der Waals surface area contributed by atoms with E-state index in [1.807, 2.05) is 6.92 Å². The molecule has 2 heterocycles. The summed E-state index contributed by atoms with van der Waals surface area (Å²) in [7, 11) is 0. The number of aryl methyl sites for hydroxylation is 1. The quantitative estimate of drug-likeness (QED) is 0.180. The van der Waals surface area contributed by atoms with Gasteiger partial charge in [-0.1, -0.05) is 140 Å². The van der Waals surface area contributed by atoms with Crippen molar-refractivity contribution in [1.82, 2.24) is 4.57 Å². The fourth-order valence-corrected chi connectivity index (χ4v) is 9.24. The summed E-state index contributed by atoms with van der Waals surface area (Å²) in [5, 5.41) is 2.40. The van der Waals surface area contributed by atoms with Crippen LogP contribution >= 0.6 is 0 Å².